The molecule has 1 fully saturated rings. The maximum absolute atomic E-state index is 12.3. The molecule has 0 radical (unpaired) electrons. The highest BCUT2D eigenvalue weighted by Crippen LogP contribution is 2.44. The number of nitrogen functional groups attached to an aromatic ring is 1. The number of fused-ring (bicyclic) bond motifs is 1. The van der Waals surface area contributed by atoms with Crippen LogP contribution in [0.25, 0.3) is 10.8 Å². The van der Waals surface area contributed by atoms with Crippen molar-refractivity contribution < 1.29 is 4.79 Å². The van der Waals surface area contributed by atoms with E-state index < -0.39 is 0 Å². The normalized spacial score (nSPS) is 20.2. The Morgan fingerprint density at radius 3 is 2.63 bits per heavy atom. The number of hydrogen-bond acceptors (Lipinski definition) is 3. The lowest BCUT2D eigenvalue weighted by atomic mass is 10.1. The van der Waals surface area contributed by atoms with Crippen LogP contribution in [0.15, 0.2) is 30.5 Å². The zero-order valence-corrected chi connectivity index (χ0v) is 11.1. The molecule has 1 heterocycles. The van der Waals surface area contributed by atoms with Crippen LogP contribution in [0.5, 0.6) is 0 Å². The molecule has 1 unspecified atom stereocenters. The summed E-state index contributed by atoms with van der Waals surface area (Å²) in [5.41, 5.74) is 6.64. The second-order valence-corrected chi connectivity index (χ2v) is 5.82. The van der Waals surface area contributed by atoms with Gasteiger partial charge in [-0.05, 0) is 17.2 Å². The number of amides is 1. The van der Waals surface area contributed by atoms with E-state index >= 15 is 0 Å². The van der Waals surface area contributed by atoms with Crippen LogP contribution < -0.4 is 11.1 Å². The summed E-state index contributed by atoms with van der Waals surface area (Å²) >= 11 is 0. The van der Waals surface area contributed by atoms with Gasteiger partial charge in [-0.2, -0.15) is 0 Å². The first-order valence-corrected chi connectivity index (χ1v) is 6.43. The first-order valence-electron chi connectivity index (χ1n) is 6.43. The van der Waals surface area contributed by atoms with Crippen LogP contribution in [0.1, 0.15) is 30.6 Å². The number of rotatable bonds is 2. The first-order chi connectivity index (χ1) is 8.99. The van der Waals surface area contributed by atoms with E-state index in [9.17, 15) is 4.79 Å². The van der Waals surface area contributed by atoms with Crippen molar-refractivity contribution in [1.29, 1.82) is 0 Å². The van der Waals surface area contributed by atoms with Gasteiger partial charge in [-0.3, -0.25) is 4.79 Å². The summed E-state index contributed by atoms with van der Waals surface area (Å²) in [4.78, 5) is 16.4. The summed E-state index contributed by atoms with van der Waals surface area (Å²) < 4.78 is 0. The fourth-order valence-corrected chi connectivity index (χ4v) is 2.35. The Morgan fingerprint density at radius 1 is 1.37 bits per heavy atom. The summed E-state index contributed by atoms with van der Waals surface area (Å²) in [6.45, 7) is 4.30. The van der Waals surface area contributed by atoms with Crippen molar-refractivity contribution in [3.05, 3.63) is 36.0 Å². The summed E-state index contributed by atoms with van der Waals surface area (Å²) in [6.07, 6.45) is 2.58. The molecule has 1 saturated carbocycles. The Kier molecular flexibility index (Phi) is 2.49. The molecule has 0 spiro atoms. The number of nitrogens with zero attached hydrogens (tertiary/aromatic N) is 1. The second-order valence-electron chi connectivity index (χ2n) is 5.82. The third kappa shape index (κ3) is 2.03. The lowest BCUT2D eigenvalue weighted by Crippen LogP contribution is -2.28. The van der Waals surface area contributed by atoms with Crippen LogP contribution >= 0.6 is 0 Å². The van der Waals surface area contributed by atoms with Crippen LogP contribution in [0.4, 0.5) is 5.82 Å². The zero-order chi connectivity index (χ0) is 13.6. The molecule has 1 atom stereocenters. The van der Waals surface area contributed by atoms with Gasteiger partial charge >= 0.3 is 0 Å². The monoisotopic (exact) mass is 255 g/mol. The SMILES string of the molecule is CC1(C)CC1NC(=O)c1cnc(N)c2ccccc12. The van der Waals surface area contributed by atoms with Crippen molar-refractivity contribution in [1.82, 2.24) is 10.3 Å². The van der Waals surface area contributed by atoms with Crippen molar-refractivity contribution in [3.63, 3.8) is 0 Å². The van der Waals surface area contributed by atoms with E-state index in [1.165, 1.54) is 0 Å². The molecule has 19 heavy (non-hydrogen) atoms. The molecule has 98 valence electrons. The number of nitrogens with one attached hydrogen (secondary N) is 1. The first kappa shape index (κ1) is 12.0. The molecule has 3 N–H and O–H groups in total. The number of carbonyl (C=O) groups is 1. The minimum atomic E-state index is -0.0701. The molecular weight excluding hydrogens is 238 g/mol. The molecule has 0 bridgehead atoms. The average Bonchev–Trinajstić information content (AvgIpc) is 2.97. The lowest BCUT2D eigenvalue weighted by Gasteiger charge is -2.10. The summed E-state index contributed by atoms with van der Waals surface area (Å²) in [5.74, 6) is 0.387. The Morgan fingerprint density at radius 2 is 2.00 bits per heavy atom. The van der Waals surface area contributed by atoms with Gasteiger partial charge in [0.05, 0.1) is 5.56 Å². The molecule has 1 aromatic carbocycles. The number of anilines is 1. The van der Waals surface area contributed by atoms with E-state index in [1.807, 2.05) is 24.3 Å². The van der Waals surface area contributed by atoms with Gasteiger partial charge in [-0.25, -0.2) is 4.98 Å². The molecule has 2 aromatic rings. The van der Waals surface area contributed by atoms with Gasteiger partial charge < -0.3 is 11.1 Å². The summed E-state index contributed by atoms with van der Waals surface area (Å²) in [5, 5.41) is 4.73. The van der Waals surface area contributed by atoms with E-state index in [2.05, 4.69) is 24.1 Å². The van der Waals surface area contributed by atoms with Gasteiger partial charge in [0, 0.05) is 17.6 Å². The molecule has 1 aliphatic carbocycles. The topological polar surface area (TPSA) is 68.0 Å². The molecule has 4 heteroatoms. The fourth-order valence-electron chi connectivity index (χ4n) is 2.35. The number of nitrogens with two attached hydrogens (primary N) is 1. The number of aromatic nitrogens is 1. The zero-order valence-electron chi connectivity index (χ0n) is 11.1. The molecule has 0 saturated heterocycles. The maximum atomic E-state index is 12.3. The Balaban J connectivity index is 1.97. The number of hydrogen-bond donors (Lipinski definition) is 2. The third-order valence-corrected chi connectivity index (χ3v) is 3.89. The summed E-state index contributed by atoms with van der Waals surface area (Å²) in [7, 11) is 0. The Bertz CT molecular complexity index is 663. The van der Waals surface area contributed by atoms with Crippen LogP contribution in [0.3, 0.4) is 0 Å². The highest BCUT2D eigenvalue weighted by atomic mass is 16.1. The largest absolute Gasteiger partial charge is 0.383 e. The fraction of sp³-hybridized carbons (Fsp3) is 0.333. The van der Waals surface area contributed by atoms with Gasteiger partial charge in [-0.15, -0.1) is 0 Å². The maximum Gasteiger partial charge on any atom is 0.253 e. The standard InChI is InChI=1S/C15H17N3O/c1-15(2)7-12(15)18-14(19)11-8-17-13(16)10-6-4-3-5-9(10)11/h3-6,8,12H,7H2,1-2H3,(H2,16,17)(H,18,19). The number of benzene rings is 1. The highest BCUT2D eigenvalue weighted by Gasteiger charge is 2.46. The van der Waals surface area contributed by atoms with Crippen LogP contribution in [0.2, 0.25) is 0 Å². The molecule has 3 rings (SSSR count). The van der Waals surface area contributed by atoms with E-state index in [0.29, 0.717) is 11.4 Å². The minimum Gasteiger partial charge on any atom is -0.383 e. The Hall–Kier alpha value is -2.10. The van der Waals surface area contributed by atoms with Crippen molar-refractivity contribution in [3.8, 4) is 0 Å². The molecule has 1 aromatic heterocycles. The second kappa shape index (κ2) is 3.95. The van der Waals surface area contributed by atoms with Crippen molar-refractivity contribution in [2.45, 2.75) is 26.3 Å². The molecular formula is C15H17N3O. The van der Waals surface area contributed by atoms with Gasteiger partial charge in [0.1, 0.15) is 5.82 Å². The smallest absolute Gasteiger partial charge is 0.253 e. The van der Waals surface area contributed by atoms with Crippen molar-refractivity contribution in [2.75, 3.05) is 5.73 Å². The van der Waals surface area contributed by atoms with Gasteiger partial charge in [0.25, 0.3) is 5.91 Å². The van der Waals surface area contributed by atoms with E-state index in [0.717, 1.165) is 17.2 Å². The van der Waals surface area contributed by atoms with Crippen LogP contribution in [-0.4, -0.2) is 16.9 Å². The van der Waals surface area contributed by atoms with Gasteiger partial charge in [0.15, 0.2) is 0 Å². The molecule has 4 nitrogen and oxygen atoms in total. The lowest BCUT2D eigenvalue weighted by molar-refractivity contribution is 0.0947. The van der Waals surface area contributed by atoms with Crippen LogP contribution in [0, 0.1) is 5.41 Å². The average molecular weight is 255 g/mol. The van der Waals surface area contributed by atoms with Gasteiger partial charge in [0.2, 0.25) is 0 Å². The minimum absolute atomic E-state index is 0.0701. The predicted molar refractivity (Wildman–Crippen MR) is 75.8 cm³/mol. The van der Waals surface area contributed by atoms with Crippen molar-refractivity contribution >= 4 is 22.5 Å². The highest BCUT2D eigenvalue weighted by molar-refractivity contribution is 6.09. The third-order valence-electron chi connectivity index (χ3n) is 3.89. The molecule has 1 amide bonds. The molecule has 1 aliphatic rings. The predicted octanol–water partition coefficient (Wildman–Crippen LogP) is 2.35. The molecule has 0 aliphatic heterocycles. The van der Waals surface area contributed by atoms with E-state index in [1.54, 1.807) is 6.20 Å². The number of carbonyl (C=O) groups excluding carboxylic acids is 1. The summed E-state index contributed by atoms with van der Waals surface area (Å²) in [6, 6.07) is 7.85. The van der Waals surface area contributed by atoms with Crippen molar-refractivity contribution in [2.24, 2.45) is 5.41 Å². The number of pyridine rings is 1. The van der Waals surface area contributed by atoms with E-state index in [4.69, 9.17) is 5.73 Å². The quantitative estimate of drug-likeness (QED) is 0.865. The van der Waals surface area contributed by atoms with Gasteiger partial charge in [-0.1, -0.05) is 38.1 Å². The Labute approximate surface area is 112 Å². The van der Waals surface area contributed by atoms with Crippen LogP contribution in [-0.2, 0) is 0 Å². The van der Waals surface area contributed by atoms with E-state index in [-0.39, 0.29) is 17.4 Å².